The lowest BCUT2D eigenvalue weighted by Gasteiger charge is -2.16. The lowest BCUT2D eigenvalue weighted by Crippen LogP contribution is -2.30. The predicted molar refractivity (Wildman–Crippen MR) is 94.2 cm³/mol. The number of hydrogen-bond acceptors (Lipinski definition) is 5. The van der Waals surface area contributed by atoms with Crippen LogP contribution < -0.4 is 14.8 Å². The molecule has 6 nitrogen and oxygen atoms in total. The fourth-order valence-electron chi connectivity index (χ4n) is 2.21. The first kappa shape index (κ1) is 18.3. The van der Waals surface area contributed by atoms with Gasteiger partial charge in [-0.25, -0.2) is 4.79 Å². The second kappa shape index (κ2) is 8.19. The summed E-state index contributed by atoms with van der Waals surface area (Å²) >= 11 is 0. The zero-order valence-electron chi connectivity index (χ0n) is 14.7. The number of carbonyl (C=O) groups excluding carboxylic acids is 2. The Labute approximate surface area is 146 Å². The number of ether oxygens (including phenoxy) is 3. The average molecular weight is 343 g/mol. The third kappa shape index (κ3) is 4.50. The fourth-order valence-corrected chi connectivity index (χ4v) is 2.21. The second-order valence-corrected chi connectivity index (χ2v) is 5.44. The molecular weight excluding hydrogens is 322 g/mol. The number of hydrogen-bond donors (Lipinski definition) is 1. The maximum Gasteiger partial charge on any atom is 0.342 e. The summed E-state index contributed by atoms with van der Waals surface area (Å²) in [5, 5.41) is 2.70. The minimum Gasteiger partial charge on any atom is -0.493 e. The van der Waals surface area contributed by atoms with Crippen molar-refractivity contribution in [2.45, 2.75) is 20.0 Å². The number of methoxy groups -OCH3 is 2. The molecule has 0 saturated heterocycles. The van der Waals surface area contributed by atoms with Gasteiger partial charge in [-0.3, -0.25) is 4.79 Å². The van der Waals surface area contributed by atoms with Crippen LogP contribution in [0.2, 0.25) is 0 Å². The van der Waals surface area contributed by atoms with E-state index in [1.165, 1.54) is 21.1 Å². The van der Waals surface area contributed by atoms with E-state index in [-0.39, 0.29) is 11.3 Å². The molecule has 2 rings (SSSR count). The van der Waals surface area contributed by atoms with Crippen LogP contribution in [0.25, 0.3) is 0 Å². The number of esters is 1. The van der Waals surface area contributed by atoms with Gasteiger partial charge < -0.3 is 19.5 Å². The van der Waals surface area contributed by atoms with E-state index < -0.39 is 18.0 Å². The molecule has 1 N–H and O–H groups in total. The van der Waals surface area contributed by atoms with Crippen LogP contribution in [0, 0.1) is 6.92 Å². The second-order valence-electron chi connectivity index (χ2n) is 5.44. The molecule has 1 atom stereocenters. The Balaban J connectivity index is 2.07. The molecule has 0 radical (unpaired) electrons. The highest BCUT2D eigenvalue weighted by Crippen LogP contribution is 2.31. The van der Waals surface area contributed by atoms with Crippen molar-refractivity contribution < 1.29 is 23.8 Å². The van der Waals surface area contributed by atoms with E-state index in [1.54, 1.807) is 30.3 Å². The highest BCUT2D eigenvalue weighted by Gasteiger charge is 2.23. The van der Waals surface area contributed by atoms with Gasteiger partial charge in [0.25, 0.3) is 5.91 Å². The lowest BCUT2D eigenvalue weighted by atomic mass is 10.2. The Kier molecular flexibility index (Phi) is 6.00. The van der Waals surface area contributed by atoms with Gasteiger partial charge in [-0.2, -0.15) is 0 Å². The monoisotopic (exact) mass is 343 g/mol. The Morgan fingerprint density at radius 3 is 2.28 bits per heavy atom. The average Bonchev–Trinajstić information content (AvgIpc) is 2.62. The molecule has 0 spiro atoms. The molecule has 0 aliphatic heterocycles. The fraction of sp³-hybridized carbons (Fsp3) is 0.263. The SMILES string of the molecule is COc1cccc(C(=O)OC(C)C(=O)Nc2ccc(C)cc2)c1OC. The van der Waals surface area contributed by atoms with Gasteiger partial charge in [0.1, 0.15) is 5.56 Å². The van der Waals surface area contributed by atoms with Gasteiger partial charge in [0.2, 0.25) is 0 Å². The summed E-state index contributed by atoms with van der Waals surface area (Å²) in [6.07, 6.45) is -0.968. The van der Waals surface area contributed by atoms with Crippen molar-refractivity contribution >= 4 is 17.6 Å². The molecule has 0 aliphatic rings. The number of anilines is 1. The van der Waals surface area contributed by atoms with E-state index in [1.807, 2.05) is 19.1 Å². The predicted octanol–water partition coefficient (Wildman–Crippen LogP) is 3.20. The Bertz CT molecular complexity index is 755. The Morgan fingerprint density at radius 2 is 1.68 bits per heavy atom. The van der Waals surface area contributed by atoms with Crippen LogP contribution in [0.3, 0.4) is 0 Å². The number of amides is 1. The minimum absolute atomic E-state index is 0.192. The molecular formula is C19H21NO5. The lowest BCUT2D eigenvalue weighted by molar-refractivity contribution is -0.123. The summed E-state index contributed by atoms with van der Waals surface area (Å²) in [4.78, 5) is 24.6. The van der Waals surface area contributed by atoms with E-state index in [2.05, 4.69) is 5.32 Å². The van der Waals surface area contributed by atoms with Gasteiger partial charge in [-0.1, -0.05) is 23.8 Å². The van der Waals surface area contributed by atoms with Gasteiger partial charge in [0, 0.05) is 5.69 Å². The maximum atomic E-state index is 12.4. The zero-order valence-corrected chi connectivity index (χ0v) is 14.7. The van der Waals surface area contributed by atoms with E-state index in [0.717, 1.165) is 5.56 Å². The smallest absolute Gasteiger partial charge is 0.342 e. The third-order valence-corrected chi connectivity index (χ3v) is 3.60. The van der Waals surface area contributed by atoms with E-state index >= 15 is 0 Å². The molecule has 2 aromatic carbocycles. The maximum absolute atomic E-state index is 12.4. The summed E-state index contributed by atoms with van der Waals surface area (Å²) in [6.45, 7) is 3.46. The number of rotatable bonds is 6. The first-order valence-electron chi connectivity index (χ1n) is 7.75. The summed E-state index contributed by atoms with van der Waals surface area (Å²) in [6, 6.07) is 12.2. The number of nitrogens with one attached hydrogen (secondary N) is 1. The first-order valence-corrected chi connectivity index (χ1v) is 7.75. The third-order valence-electron chi connectivity index (χ3n) is 3.60. The molecule has 25 heavy (non-hydrogen) atoms. The Morgan fingerprint density at radius 1 is 1.00 bits per heavy atom. The van der Waals surface area contributed by atoms with Gasteiger partial charge in [-0.15, -0.1) is 0 Å². The van der Waals surface area contributed by atoms with Crippen molar-refractivity contribution in [2.24, 2.45) is 0 Å². The van der Waals surface area contributed by atoms with Crippen molar-refractivity contribution in [3.8, 4) is 11.5 Å². The molecule has 0 aromatic heterocycles. The van der Waals surface area contributed by atoms with Gasteiger partial charge in [0.05, 0.1) is 14.2 Å². The van der Waals surface area contributed by atoms with Crippen LogP contribution in [0.15, 0.2) is 42.5 Å². The van der Waals surface area contributed by atoms with Gasteiger partial charge in [-0.05, 0) is 38.1 Å². The quantitative estimate of drug-likeness (QED) is 0.816. The molecule has 1 amide bonds. The van der Waals surface area contributed by atoms with E-state index in [9.17, 15) is 9.59 Å². The molecule has 0 bridgehead atoms. The normalized spacial score (nSPS) is 11.4. The molecule has 0 fully saturated rings. The molecule has 132 valence electrons. The largest absolute Gasteiger partial charge is 0.493 e. The molecule has 6 heteroatoms. The molecule has 0 aliphatic carbocycles. The van der Waals surface area contributed by atoms with Crippen LogP contribution >= 0.6 is 0 Å². The summed E-state index contributed by atoms with van der Waals surface area (Å²) in [7, 11) is 2.91. The van der Waals surface area contributed by atoms with Gasteiger partial charge >= 0.3 is 5.97 Å². The van der Waals surface area contributed by atoms with Crippen molar-refractivity contribution in [3.05, 3.63) is 53.6 Å². The molecule has 2 aromatic rings. The number of para-hydroxylation sites is 1. The summed E-state index contributed by atoms with van der Waals surface area (Å²) in [5.41, 5.74) is 1.91. The van der Waals surface area contributed by atoms with E-state index in [0.29, 0.717) is 11.4 Å². The standard InChI is InChI=1S/C19H21NO5/c1-12-8-10-14(11-9-12)20-18(21)13(2)25-19(22)15-6-5-7-16(23-3)17(15)24-4/h5-11,13H,1-4H3,(H,20,21). The van der Waals surface area contributed by atoms with Crippen LogP contribution in [0.5, 0.6) is 11.5 Å². The van der Waals surface area contributed by atoms with Crippen LogP contribution in [-0.4, -0.2) is 32.2 Å². The molecule has 0 heterocycles. The minimum atomic E-state index is -0.968. The zero-order chi connectivity index (χ0) is 18.4. The van der Waals surface area contributed by atoms with Crippen molar-refractivity contribution in [2.75, 3.05) is 19.5 Å². The Hall–Kier alpha value is -3.02. The summed E-state index contributed by atoms with van der Waals surface area (Å²) < 4.78 is 15.6. The number of carbonyl (C=O) groups is 2. The van der Waals surface area contributed by atoms with Crippen LogP contribution in [0.1, 0.15) is 22.8 Å². The van der Waals surface area contributed by atoms with Crippen LogP contribution in [-0.2, 0) is 9.53 Å². The van der Waals surface area contributed by atoms with Crippen molar-refractivity contribution in [1.29, 1.82) is 0 Å². The highest BCUT2D eigenvalue weighted by molar-refractivity contribution is 5.98. The van der Waals surface area contributed by atoms with Crippen LogP contribution in [0.4, 0.5) is 5.69 Å². The number of aryl methyl sites for hydroxylation is 1. The number of benzene rings is 2. The van der Waals surface area contributed by atoms with Crippen molar-refractivity contribution in [1.82, 2.24) is 0 Å². The molecule has 1 unspecified atom stereocenters. The van der Waals surface area contributed by atoms with E-state index in [4.69, 9.17) is 14.2 Å². The molecule has 0 saturated carbocycles. The van der Waals surface area contributed by atoms with Crippen molar-refractivity contribution in [3.63, 3.8) is 0 Å². The first-order chi connectivity index (χ1) is 12.0. The highest BCUT2D eigenvalue weighted by atomic mass is 16.6. The topological polar surface area (TPSA) is 73.9 Å². The van der Waals surface area contributed by atoms with Gasteiger partial charge in [0.15, 0.2) is 17.6 Å². The summed E-state index contributed by atoms with van der Waals surface area (Å²) in [5.74, 6) is -0.406.